The van der Waals surface area contributed by atoms with E-state index < -0.39 is 0 Å². The number of benzene rings is 2. The molecule has 1 heterocycles. The molecule has 0 bridgehead atoms. The first-order valence-electron chi connectivity index (χ1n) is 8.81. The van der Waals surface area contributed by atoms with Crippen LogP contribution in [0.25, 0.3) is 10.9 Å². The molecular formula is C21H18Br2ClN3O2. The van der Waals surface area contributed by atoms with Crippen molar-refractivity contribution >= 4 is 60.6 Å². The first-order valence-corrected chi connectivity index (χ1v) is 10.8. The number of aromatic nitrogens is 2. The maximum absolute atomic E-state index is 13.1. The summed E-state index contributed by atoms with van der Waals surface area (Å²) in [5.41, 5.74) is 1.12. The van der Waals surface area contributed by atoms with Crippen molar-refractivity contribution in [2.24, 2.45) is 5.10 Å². The molecular weight excluding hydrogens is 522 g/mol. The number of rotatable bonds is 6. The Labute approximate surface area is 190 Å². The highest BCUT2D eigenvalue weighted by molar-refractivity contribution is 9.10. The molecule has 5 nitrogen and oxygen atoms in total. The molecule has 3 rings (SSSR count). The summed E-state index contributed by atoms with van der Waals surface area (Å²) in [5, 5.41) is 5.34. The van der Waals surface area contributed by atoms with E-state index in [4.69, 9.17) is 16.3 Å². The fourth-order valence-electron chi connectivity index (χ4n) is 2.71. The van der Waals surface area contributed by atoms with E-state index in [1.165, 1.54) is 4.68 Å². The smallest absolute Gasteiger partial charge is 0.282 e. The van der Waals surface area contributed by atoms with Crippen LogP contribution in [0.2, 0.25) is 5.02 Å². The van der Waals surface area contributed by atoms with E-state index in [0.29, 0.717) is 44.1 Å². The average molecular weight is 540 g/mol. The monoisotopic (exact) mass is 537 g/mol. The second-order valence-electron chi connectivity index (χ2n) is 6.56. The van der Waals surface area contributed by atoms with Gasteiger partial charge in [-0.2, -0.15) is 9.78 Å². The minimum absolute atomic E-state index is 0.0119. The highest BCUT2D eigenvalue weighted by atomic mass is 79.9. The fraction of sp³-hybridized carbons (Fsp3) is 0.190. The number of ether oxygens (including phenoxy) is 1. The Balaban J connectivity index is 2.08. The van der Waals surface area contributed by atoms with Gasteiger partial charge in [0.05, 0.1) is 26.6 Å². The average Bonchev–Trinajstić information content (AvgIpc) is 2.67. The molecule has 0 spiro atoms. The van der Waals surface area contributed by atoms with Crippen molar-refractivity contribution in [3.63, 3.8) is 0 Å². The quantitative estimate of drug-likeness (QED) is 0.279. The predicted octanol–water partition coefficient (Wildman–Crippen LogP) is 6.15. The van der Waals surface area contributed by atoms with Crippen LogP contribution >= 0.6 is 43.5 Å². The number of nitrogens with zero attached hydrogens (tertiary/aromatic N) is 3. The van der Waals surface area contributed by atoms with E-state index in [-0.39, 0.29) is 11.5 Å². The minimum Gasteiger partial charge on any atom is -0.487 e. The Morgan fingerprint density at radius 1 is 1.31 bits per heavy atom. The lowest BCUT2D eigenvalue weighted by atomic mass is 10.2. The topological polar surface area (TPSA) is 56.5 Å². The Morgan fingerprint density at radius 2 is 2.07 bits per heavy atom. The van der Waals surface area contributed by atoms with Crippen LogP contribution in [0.3, 0.4) is 0 Å². The van der Waals surface area contributed by atoms with Crippen LogP contribution in [0.1, 0.15) is 31.2 Å². The van der Waals surface area contributed by atoms with Crippen LogP contribution in [0, 0.1) is 0 Å². The summed E-state index contributed by atoms with van der Waals surface area (Å²) >= 11 is 13.2. The third kappa shape index (κ3) is 4.79. The summed E-state index contributed by atoms with van der Waals surface area (Å²) in [4.78, 5) is 17.7. The van der Waals surface area contributed by atoms with Gasteiger partial charge in [-0.05, 0) is 51.8 Å². The first kappa shape index (κ1) is 21.7. The van der Waals surface area contributed by atoms with Crippen LogP contribution in [-0.4, -0.2) is 22.5 Å². The van der Waals surface area contributed by atoms with Gasteiger partial charge in [0.2, 0.25) is 0 Å². The molecule has 0 amide bonds. The summed E-state index contributed by atoms with van der Waals surface area (Å²) in [6, 6.07) is 8.97. The largest absolute Gasteiger partial charge is 0.487 e. The molecule has 0 aliphatic carbocycles. The molecule has 3 aromatic rings. The number of halogens is 3. The zero-order valence-electron chi connectivity index (χ0n) is 15.8. The van der Waals surface area contributed by atoms with Crippen LogP contribution < -0.4 is 10.3 Å². The van der Waals surface area contributed by atoms with Crippen molar-refractivity contribution in [2.45, 2.75) is 19.8 Å². The molecule has 0 saturated heterocycles. The van der Waals surface area contributed by atoms with Crippen molar-refractivity contribution in [2.75, 3.05) is 6.61 Å². The van der Waals surface area contributed by atoms with Gasteiger partial charge >= 0.3 is 0 Å². The van der Waals surface area contributed by atoms with Crippen molar-refractivity contribution in [3.05, 3.63) is 78.7 Å². The molecule has 0 unspecified atom stereocenters. The summed E-state index contributed by atoms with van der Waals surface area (Å²) in [7, 11) is 0. The van der Waals surface area contributed by atoms with E-state index >= 15 is 0 Å². The molecule has 150 valence electrons. The molecule has 0 aliphatic rings. The van der Waals surface area contributed by atoms with Crippen molar-refractivity contribution in [3.8, 4) is 5.75 Å². The van der Waals surface area contributed by atoms with Gasteiger partial charge in [0, 0.05) is 10.4 Å². The molecule has 1 aromatic heterocycles. The summed E-state index contributed by atoms with van der Waals surface area (Å²) in [6.45, 7) is 7.91. The Morgan fingerprint density at radius 3 is 2.72 bits per heavy atom. The summed E-state index contributed by atoms with van der Waals surface area (Å²) in [5.74, 6) is 1.12. The van der Waals surface area contributed by atoms with Crippen LogP contribution in [0.5, 0.6) is 5.75 Å². The maximum Gasteiger partial charge on any atom is 0.282 e. The van der Waals surface area contributed by atoms with E-state index in [1.807, 2.05) is 32.0 Å². The molecule has 0 N–H and O–H groups in total. The molecule has 0 aliphatic heterocycles. The van der Waals surface area contributed by atoms with Crippen molar-refractivity contribution < 1.29 is 4.74 Å². The number of hydrogen-bond donors (Lipinski definition) is 0. The number of fused-ring (bicyclic) bond motifs is 1. The zero-order chi connectivity index (χ0) is 21.1. The Bertz CT molecular complexity index is 1150. The van der Waals surface area contributed by atoms with E-state index in [1.54, 1.807) is 24.4 Å². The van der Waals surface area contributed by atoms with Gasteiger partial charge in [-0.3, -0.25) is 4.79 Å². The van der Waals surface area contributed by atoms with Gasteiger partial charge in [0.15, 0.2) is 5.75 Å². The lowest BCUT2D eigenvalue weighted by Gasteiger charge is -2.12. The molecule has 0 fully saturated rings. The second-order valence-corrected chi connectivity index (χ2v) is 8.74. The summed E-state index contributed by atoms with van der Waals surface area (Å²) < 4.78 is 8.38. The van der Waals surface area contributed by atoms with Crippen molar-refractivity contribution in [1.29, 1.82) is 0 Å². The molecule has 29 heavy (non-hydrogen) atoms. The SMILES string of the molecule is C=CCOc1c(Cl)cc(C=Nn2c(C(C)C)nc3ccc(Br)cc3c2=O)cc1Br. The van der Waals surface area contributed by atoms with Gasteiger partial charge in [-0.25, -0.2) is 4.98 Å². The zero-order valence-corrected chi connectivity index (χ0v) is 19.8. The summed E-state index contributed by atoms with van der Waals surface area (Å²) in [6.07, 6.45) is 3.22. The third-order valence-corrected chi connectivity index (χ3v) is 5.40. The van der Waals surface area contributed by atoms with Crippen LogP contribution in [0.4, 0.5) is 0 Å². The third-order valence-electron chi connectivity index (χ3n) is 4.04. The van der Waals surface area contributed by atoms with Crippen LogP contribution in [0.15, 0.2) is 61.8 Å². The standard InChI is InChI=1S/C21H18Br2ClN3O2/c1-4-7-29-19-16(23)8-13(9-17(19)24)11-25-27-20(12(2)3)26-18-6-5-14(22)10-15(18)21(27)28/h4-6,8-12H,1,7H2,2-3H3. The Kier molecular flexibility index (Phi) is 6.93. The van der Waals surface area contributed by atoms with E-state index in [0.717, 1.165) is 4.47 Å². The lowest BCUT2D eigenvalue weighted by Crippen LogP contribution is -2.23. The molecule has 2 aromatic carbocycles. The van der Waals surface area contributed by atoms with E-state index in [2.05, 4.69) is 48.5 Å². The fourth-order valence-corrected chi connectivity index (χ4v) is 4.06. The highest BCUT2D eigenvalue weighted by Crippen LogP contribution is 2.34. The van der Waals surface area contributed by atoms with Gasteiger partial charge in [-0.15, -0.1) is 0 Å². The molecule has 0 radical (unpaired) electrons. The highest BCUT2D eigenvalue weighted by Gasteiger charge is 2.14. The van der Waals surface area contributed by atoms with Gasteiger partial charge < -0.3 is 4.74 Å². The second kappa shape index (κ2) is 9.24. The van der Waals surface area contributed by atoms with Crippen LogP contribution in [-0.2, 0) is 0 Å². The van der Waals surface area contributed by atoms with Gasteiger partial charge in [0.25, 0.3) is 5.56 Å². The Hall–Kier alpha value is -1.96. The predicted molar refractivity (Wildman–Crippen MR) is 126 cm³/mol. The van der Waals surface area contributed by atoms with Gasteiger partial charge in [0.1, 0.15) is 12.4 Å². The van der Waals surface area contributed by atoms with Crippen molar-refractivity contribution in [1.82, 2.24) is 9.66 Å². The first-order chi connectivity index (χ1) is 13.8. The lowest BCUT2D eigenvalue weighted by molar-refractivity contribution is 0.361. The normalized spacial score (nSPS) is 11.5. The maximum atomic E-state index is 13.1. The molecule has 0 saturated carbocycles. The molecule has 0 atom stereocenters. The minimum atomic E-state index is -0.229. The molecule has 8 heteroatoms. The van der Waals surface area contributed by atoms with Gasteiger partial charge in [-0.1, -0.05) is 54.0 Å². The number of hydrogen-bond acceptors (Lipinski definition) is 4. The van der Waals surface area contributed by atoms with E-state index in [9.17, 15) is 4.79 Å².